The number of benzene rings is 1. The third-order valence-corrected chi connectivity index (χ3v) is 3.83. The molecule has 1 aliphatic rings. The van der Waals surface area contributed by atoms with Crippen molar-refractivity contribution in [3.8, 4) is 0 Å². The molecule has 1 aromatic rings. The number of halogens is 1. The fourth-order valence-corrected chi connectivity index (χ4v) is 2.91. The molecule has 0 aliphatic carbocycles. The first kappa shape index (κ1) is 14.6. The Labute approximate surface area is 120 Å². The fraction of sp³-hybridized carbons (Fsp3) is 0.600. The van der Waals surface area contributed by atoms with Gasteiger partial charge in [0.1, 0.15) is 0 Å². The zero-order chi connectivity index (χ0) is 13.8. The van der Waals surface area contributed by atoms with Gasteiger partial charge in [0.15, 0.2) is 0 Å². The van der Waals surface area contributed by atoms with Crippen molar-refractivity contribution < 1.29 is 4.74 Å². The van der Waals surface area contributed by atoms with E-state index >= 15 is 0 Å². The lowest BCUT2D eigenvalue weighted by molar-refractivity contribution is 0.0384. The van der Waals surface area contributed by atoms with Crippen molar-refractivity contribution in [3.05, 3.63) is 28.8 Å². The van der Waals surface area contributed by atoms with Crippen LogP contribution in [0.15, 0.2) is 18.2 Å². The Kier molecular flexibility index (Phi) is 5.08. The first-order chi connectivity index (χ1) is 9.11. The van der Waals surface area contributed by atoms with Crippen LogP contribution in [0.25, 0.3) is 0 Å². The molecule has 2 unspecified atom stereocenters. The fourth-order valence-electron chi connectivity index (χ4n) is 2.60. The second-order valence-corrected chi connectivity index (χ2v) is 5.68. The highest BCUT2D eigenvalue weighted by Crippen LogP contribution is 2.32. The van der Waals surface area contributed by atoms with E-state index in [-0.39, 0.29) is 6.04 Å². The maximum absolute atomic E-state index is 6.41. The van der Waals surface area contributed by atoms with Crippen LogP contribution in [0.1, 0.15) is 25.8 Å². The summed E-state index contributed by atoms with van der Waals surface area (Å²) in [5.74, 6) is 0. The molecule has 1 saturated heterocycles. The molecule has 0 spiro atoms. The van der Waals surface area contributed by atoms with E-state index in [2.05, 4.69) is 17.9 Å². The van der Waals surface area contributed by atoms with Crippen molar-refractivity contribution in [3.63, 3.8) is 0 Å². The van der Waals surface area contributed by atoms with E-state index < -0.39 is 0 Å². The number of para-hydroxylation sites is 1. The van der Waals surface area contributed by atoms with Crippen LogP contribution in [0, 0.1) is 0 Å². The highest BCUT2D eigenvalue weighted by atomic mass is 35.5. The molecule has 2 rings (SSSR count). The molecule has 1 aromatic carbocycles. The van der Waals surface area contributed by atoms with E-state index in [4.69, 9.17) is 22.1 Å². The van der Waals surface area contributed by atoms with E-state index in [1.807, 2.05) is 19.1 Å². The molecule has 2 atom stereocenters. The predicted octanol–water partition coefficient (Wildman–Crippen LogP) is 2.84. The number of rotatable bonds is 4. The maximum atomic E-state index is 6.41. The predicted molar refractivity (Wildman–Crippen MR) is 81.0 cm³/mol. The zero-order valence-corrected chi connectivity index (χ0v) is 12.5. The number of anilines is 1. The van der Waals surface area contributed by atoms with Gasteiger partial charge in [-0.3, -0.25) is 0 Å². The Morgan fingerprint density at radius 2 is 2.32 bits per heavy atom. The maximum Gasteiger partial charge on any atom is 0.0748 e. The van der Waals surface area contributed by atoms with Gasteiger partial charge in [0.05, 0.1) is 23.4 Å². The molecule has 1 heterocycles. The number of hydrogen-bond donors (Lipinski definition) is 1. The first-order valence-electron chi connectivity index (χ1n) is 7.01. The topological polar surface area (TPSA) is 38.5 Å². The van der Waals surface area contributed by atoms with Crippen molar-refractivity contribution in [2.75, 3.05) is 24.6 Å². The van der Waals surface area contributed by atoms with Gasteiger partial charge in [-0.1, -0.05) is 30.7 Å². The number of nitrogens with zero attached hydrogens (tertiary/aromatic N) is 1. The molecule has 1 aliphatic heterocycles. The number of ether oxygens (including phenoxy) is 1. The quantitative estimate of drug-likeness (QED) is 0.923. The van der Waals surface area contributed by atoms with Crippen molar-refractivity contribution >= 4 is 17.3 Å². The minimum atomic E-state index is 0.139. The van der Waals surface area contributed by atoms with Gasteiger partial charge in [-0.2, -0.15) is 0 Å². The lowest BCUT2D eigenvalue weighted by atomic mass is 10.0. The van der Waals surface area contributed by atoms with Gasteiger partial charge in [0.2, 0.25) is 0 Å². The van der Waals surface area contributed by atoms with Crippen LogP contribution < -0.4 is 10.6 Å². The van der Waals surface area contributed by atoms with Crippen molar-refractivity contribution in [2.24, 2.45) is 5.73 Å². The Bertz CT molecular complexity index is 423. The van der Waals surface area contributed by atoms with Gasteiger partial charge < -0.3 is 15.4 Å². The van der Waals surface area contributed by atoms with Crippen LogP contribution >= 0.6 is 11.6 Å². The van der Waals surface area contributed by atoms with Crippen LogP contribution in [-0.2, 0) is 11.2 Å². The minimum Gasteiger partial charge on any atom is -0.375 e. The molecule has 0 amide bonds. The van der Waals surface area contributed by atoms with E-state index in [9.17, 15) is 0 Å². The molecule has 0 radical (unpaired) electrons. The van der Waals surface area contributed by atoms with Crippen molar-refractivity contribution in [1.82, 2.24) is 0 Å². The molecular formula is C15H23ClN2O. The molecule has 1 fully saturated rings. The number of hydrogen-bond acceptors (Lipinski definition) is 3. The summed E-state index contributed by atoms with van der Waals surface area (Å²) in [6.45, 7) is 6.75. The third kappa shape index (κ3) is 3.62. The molecule has 19 heavy (non-hydrogen) atoms. The smallest absolute Gasteiger partial charge is 0.0748 e. The second kappa shape index (κ2) is 6.60. The molecular weight excluding hydrogens is 260 g/mol. The first-order valence-corrected chi connectivity index (χ1v) is 7.39. The average molecular weight is 283 g/mol. The summed E-state index contributed by atoms with van der Waals surface area (Å²) in [5.41, 5.74) is 8.32. The normalized spacial score (nSPS) is 21.5. The highest BCUT2D eigenvalue weighted by Gasteiger charge is 2.23. The third-order valence-electron chi connectivity index (χ3n) is 3.52. The van der Waals surface area contributed by atoms with E-state index in [0.29, 0.717) is 6.10 Å². The highest BCUT2D eigenvalue weighted by molar-refractivity contribution is 6.33. The summed E-state index contributed by atoms with van der Waals surface area (Å²) in [6.07, 6.45) is 2.18. The monoisotopic (exact) mass is 282 g/mol. The summed E-state index contributed by atoms with van der Waals surface area (Å²) in [7, 11) is 0. The van der Waals surface area contributed by atoms with Crippen LogP contribution in [0.3, 0.4) is 0 Å². The summed E-state index contributed by atoms with van der Waals surface area (Å²) < 4.78 is 5.73. The average Bonchev–Trinajstić information content (AvgIpc) is 2.38. The van der Waals surface area contributed by atoms with E-state index in [0.717, 1.165) is 43.2 Å². The van der Waals surface area contributed by atoms with Crippen LogP contribution in [0.5, 0.6) is 0 Å². The van der Waals surface area contributed by atoms with Crippen LogP contribution in [-0.4, -0.2) is 31.8 Å². The Morgan fingerprint density at radius 3 is 3.00 bits per heavy atom. The van der Waals surface area contributed by atoms with Crippen LogP contribution in [0.4, 0.5) is 5.69 Å². The van der Waals surface area contributed by atoms with Gasteiger partial charge in [-0.25, -0.2) is 0 Å². The molecule has 0 saturated carbocycles. The molecule has 2 N–H and O–H groups in total. The van der Waals surface area contributed by atoms with Crippen LogP contribution in [0.2, 0.25) is 5.02 Å². The molecule has 4 heteroatoms. The number of nitrogens with two attached hydrogens (primary N) is 1. The van der Waals surface area contributed by atoms with E-state index in [1.54, 1.807) is 0 Å². The molecule has 3 nitrogen and oxygen atoms in total. The zero-order valence-electron chi connectivity index (χ0n) is 11.7. The minimum absolute atomic E-state index is 0.139. The van der Waals surface area contributed by atoms with Crippen molar-refractivity contribution in [1.29, 1.82) is 0 Å². The van der Waals surface area contributed by atoms with Gasteiger partial charge in [-0.15, -0.1) is 0 Å². The summed E-state index contributed by atoms with van der Waals surface area (Å²) in [6, 6.07) is 6.22. The van der Waals surface area contributed by atoms with Crippen molar-refractivity contribution in [2.45, 2.75) is 38.8 Å². The lowest BCUT2D eigenvalue weighted by Crippen LogP contribution is -2.43. The molecule has 106 valence electrons. The molecule has 0 aromatic heterocycles. The molecule has 0 bridgehead atoms. The SMILES string of the molecule is CCC1CN(c2c(Cl)cccc2CC(C)N)CCO1. The van der Waals surface area contributed by atoms with Gasteiger partial charge in [0.25, 0.3) is 0 Å². The van der Waals surface area contributed by atoms with E-state index in [1.165, 1.54) is 5.56 Å². The second-order valence-electron chi connectivity index (χ2n) is 5.28. The number of morpholine rings is 1. The standard InChI is InChI=1S/C15H23ClN2O/c1-3-13-10-18(7-8-19-13)15-12(9-11(2)17)5-4-6-14(15)16/h4-6,11,13H,3,7-10,17H2,1-2H3. The summed E-state index contributed by atoms with van der Waals surface area (Å²) in [4.78, 5) is 2.34. The van der Waals surface area contributed by atoms with Gasteiger partial charge in [0, 0.05) is 19.1 Å². The largest absolute Gasteiger partial charge is 0.375 e. The Balaban J connectivity index is 2.26. The summed E-state index contributed by atoms with van der Waals surface area (Å²) >= 11 is 6.41. The lowest BCUT2D eigenvalue weighted by Gasteiger charge is -2.36. The Morgan fingerprint density at radius 1 is 1.53 bits per heavy atom. The summed E-state index contributed by atoms with van der Waals surface area (Å²) in [5, 5.41) is 0.815. The Hall–Kier alpha value is -0.770. The van der Waals surface area contributed by atoms with Gasteiger partial charge >= 0.3 is 0 Å². The van der Waals surface area contributed by atoms with Gasteiger partial charge in [-0.05, 0) is 31.4 Å².